The number of hydrogen-bond donors (Lipinski definition) is 2. The number of piperidine rings is 1. The first kappa shape index (κ1) is 12.6. The van der Waals surface area contributed by atoms with Crippen LogP contribution in [0.1, 0.15) is 30.0 Å². The Morgan fingerprint density at radius 1 is 1.37 bits per heavy atom. The third kappa shape index (κ3) is 2.93. The highest BCUT2D eigenvalue weighted by Crippen LogP contribution is 2.29. The first-order valence-corrected chi connectivity index (χ1v) is 7.55. The lowest BCUT2D eigenvalue weighted by molar-refractivity contribution is 0.455. The Bertz CT molecular complexity index is 546. The molecule has 1 aliphatic heterocycles. The van der Waals surface area contributed by atoms with E-state index in [1.165, 1.54) is 18.5 Å². The SMILES string of the molecule is Cc1cccnc1Nc1nc(C2CCNCC2)cs1. The molecular formula is C14H18N4S. The van der Waals surface area contributed by atoms with Gasteiger partial charge in [-0.25, -0.2) is 9.97 Å². The topological polar surface area (TPSA) is 49.8 Å². The average molecular weight is 274 g/mol. The van der Waals surface area contributed by atoms with Gasteiger partial charge in [0.15, 0.2) is 5.13 Å². The van der Waals surface area contributed by atoms with Crippen LogP contribution in [-0.2, 0) is 0 Å². The summed E-state index contributed by atoms with van der Waals surface area (Å²) in [5, 5.41) is 9.82. The molecule has 5 heteroatoms. The van der Waals surface area contributed by atoms with Crippen molar-refractivity contribution in [3.63, 3.8) is 0 Å². The van der Waals surface area contributed by atoms with Gasteiger partial charge in [-0.15, -0.1) is 11.3 Å². The van der Waals surface area contributed by atoms with Crippen LogP contribution in [0.15, 0.2) is 23.7 Å². The largest absolute Gasteiger partial charge is 0.317 e. The van der Waals surface area contributed by atoms with Crippen molar-refractivity contribution in [1.82, 2.24) is 15.3 Å². The maximum absolute atomic E-state index is 4.71. The van der Waals surface area contributed by atoms with E-state index in [9.17, 15) is 0 Å². The Morgan fingerprint density at radius 2 is 2.21 bits per heavy atom. The number of anilines is 2. The van der Waals surface area contributed by atoms with E-state index < -0.39 is 0 Å². The predicted molar refractivity (Wildman–Crippen MR) is 79.2 cm³/mol. The molecule has 3 rings (SSSR count). The second-order valence-corrected chi connectivity index (χ2v) is 5.75. The number of hydrogen-bond acceptors (Lipinski definition) is 5. The summed E-state index contributed by atoms with van der Waals surface area (Å²) in [6, 6.07) is 4.00. The lowest BCUT2D eigenvalue weighted by Crippen LogP contribution is -2.26. The Kier molecular flexibility index (Phi) is 3.75. The number of nitrogens with one attached hydrogen (secondary N) is 2. The third-order valence-electron chi connectivity index (χ3n) is 3.51. The Hall–Kier alpha value is -1.46. The first-order valence-electron chi connectivity index (χ1n) is 6.68. The van der Waals surface area contributed by atoms with Crippen molar-refractivity contribution in [3.8, 4) is 0 Å². The highest BCUT2D eigenvalue weighted by Gasteiger charge is 2.18. The monoisotopic (exact) mass is 274 g/mol. The van der Waals surface area contributed by atoms with Crippen LogP contribution in [-0.4, -0.2) is 23.1 Å². The molecule has 0 bridgehead atoms. The number of rotatable bonds is 3. The molecule has 0 aromatic carbocycles. The summed E-state index contributed by atoms with van der Waals surface area (Å²) >= 11 is 1.66. The standard InChI is InChI=1S/C14H18N4S/c1-10-3-2-6-16-13(10)18-14-17-12(9-19-14)11-4-7-15-8-5-11/h2-3,6,9,11,15H,4-5,7-8H2,1H3,(H,16,17,18). The minimum absolute atomic E-state index is 0.609. The second-order valence-electron chi connectivity index (χ2n) is 4.90. The number of thiazole rings is 1. The van der Waals surface area contributed by atoms with Gasteiger partial charge < -0.3 is 10.6 Å². The molecule has 0 atom stereocenters. The molecule has 1 saturated heterocycles. The Labute approximate surface area is 117 Å². The van der Waals surface area contributed by atoms with Gasteiger partial charge in [-0.2, -0.15) is 0 Å². The van der Waals surface area contributed by atoms with E-state index in [1.54, 1.807) is 17.5 Å². The first-order chi connectivity index (χ1) is 9.33. The summed E-state index contributed by atoms with van der Waals surface area (Å²) < 4.78 is 0. The Morgan fingerprint density at radius 3 is 3.00 bits per heavy atom. The molecule has 1 fully saturated rings. The van der Waals surface area contributed by atoms with Crippen LogP contribution in [0.25, 0.3) is 0 Å². The fourth-order valence-electron chi connectivity index (χ4n) is 2.37. The van der Waals surface area contributed by atoms with Crippen molar-refractivity contribution in [2.75, 3.05) is 18.4 Å². The zero-order valence-electron chi connectivity index (χ0n) is 11.0. The van der Waals surface area contributed by atoms with Gasteiger partial charge in [0.25, 0.3) is 0 Å². The van der Waals surface area contributed by atoms with Crippen molar-refractivity contribution >= 4 is 22.3 Å². The molecule has 2 aromatic heterocycles. The summed E-state index contributed by atoms with van der Waals surface area (Å²) in [5.41, 5.74) is 2.36. The fraction of sp³-hybridized carbons (Fsp3) is 0.429. The van der Waals surface area contributed by atoms with Gasteiger partial charge in [-0.3, -0.25) is 0 Å². The van der Waals surface area contributed by atoms with E-state index in [-0.39, 0.29) is 0 Å². The second kappa shape index (κ2) is 5.67. The van der Waals surface area contributed by atoms with Crippen LogP contribution in [0.4, 0.5) is 10.9 Å². The molecule has 19 heavy (non-hydrogen) atoms. The van der Waals surface area contributed by atoms with Crippen LogP contribution >= 0.6 is 11.3 Å². The van der Waals surface area contributed by atoms with Crippen molar-refractivity contribution in [3.05, 3.63) is 35.0 Å². The van der Waals surface area contributed by atoms with E-state index in [2.05, 4.69) is 34.0 Å². The maximum atomic E-state index is 4.71. The summed E-state index contributed by atoms with van der Waals surface area (Å²) in [4.78, 5) is 9.05. The van der Waals surface area contributed by atoms with Gasteiger partial charge in [0.2, 0.25) is 0 Å². The van der Waals surface area contributed by atoms with Gasteiger partial charge in [-0.1, -0.05) is 6.07 Å². The molecule has 3 heterocycles. The highest BCUT2D eigenvalue weighted by atomic mass is 32.1. The fourth-order valence-corrected chi connectivity index (χ4v) is 3.16. The molecule has 2 N–H and O–H groups in total. The van der Waals surface area contributed by atoms with Gasteiger partial charge in [0.1, 0.15) is 5.82 Å². The van der Waals surface area contributed by atoms with E-state index in [1.807, 2.05) is 6.07 Å². The van der Waals surface area contributed by atoms with Crippen LogP contribution in [0.5, 0.6) is 0 Å². The summed E-state index contributed by atoms with van der Waals surface area (Å²) in [7, 11) is 0. The predicted octanol–water partition coefficient (Wildman–Crippen LogP) is 3.06. The molecule has 2 aromatic rings. The normalized spacial score (nSPS) is 16.5. The zero-order valence-corrected chi connectivity index (χ0v) is 11.8. The summed E-state index contributed by atoms with van der Waals surface area (Å²) in [5.74, 6) is 1.51. The van der Waals surface area contributed by atoms with Crippen LogP contribution in [0.3, 0.4) is 0 Å². The molecule has 0 spiro atoms. The van der Waals surface area contributed by atoms with E-state index in [4.69, 9.17) is 4.98 Å². The molecule has 1 aliphatic rings. The number of aromatic nitrogens is 2. The van der Waals surface area contributed by atoms with E-state index >= 15 is 0 Å². The van der Waals surface area contributed by atoms with Crippen LogP contribution in [0, 0.1) is 6.92 Å². The molecule has 100 valence electrons. The van der Waals surface area contributed by atoms with Crippen molar-refractivity contribution in [1.29, 1.82) is 0 Å². The maximum Gasteiger partial charge on any atom is 0.188 e. The molecule has 4 nitrogen and oxygen atoms in total. The van der Waals surface area contributed by atoms with Crippen LogP contribution < -0.4 is 10.6 Å². The lowest BCUT2D eigenvalue weighted by atomic mass is 9.96. The van der Waals surface area contributed by atoms with Gasteiger partial charge in [0, 0.05) is 17.5 Å². The van der Waals surface area contributed by atoms with Crippen molar-refractivity contribution in [2.24, 2.45) is 0 Å². The number of pyridine rings is 1. The minimum atomic E-state index is 0.609. The quantitative estimate of drug-likeness (QED) is 0.903. The number of nitrogens with zero attached hydrogens (tertiary/aromatic N) is 2. The summed E-state index contributed by atoms with van der Waals surface area (Å²) in [6.07, 6.45) is 4.17. The lowest BCUT2D eigenvalue weighted by Gasteiger charge is -2.20. The summed E-state index contributed by atoms with van der Waals surface area (Å²) in [6.45, 7) is 4.26. The highest BCUT2D eigenvalue weighted by molar-refractivity contribution is 7.13. The minimum Gasteiger partial charge on any atom is -0.317 e. The Balaban J connectivity index is 1.73. The molecule has 0 aliphatic carbocycles. The van der Waals surface area contributed by atoms with Gasteiger partial charge in [-0.05, 0) is 44.5 Å². The molecule has 0 amide bonds. The van der Waals surface area contributed by atoms with Crippen molar-refractivity contribution < 1.29 is 0 Å². The third-order valence-corrected chi connectivity index (χ3v) is 4.29. The van der Waals surface area contributed by atoms with E-state index in [0.29, 0.717) is 5.92 Å². The smallest absolute Gasteiger partial charge is 0.188 e. The number of aryl methyl sites for hydroxylation is 1. The zero-order chi connectivity index (χ0) is 13.1. The van der Waals surface area contributed by atoms with Crippen LogP contribution in [0.2, 0.25) is 0 Å². The van der Waals surface area contributed by atoms with Crippen molar-refractivity contribution in [2.45, 2.75) is 25.7 Å². The molecule has 0 radical (unpaired) electrons. The van der Waals surface area contributed by atoms with E-state index in [0.717, 1.165) is 29.6 Å². The molecular weight excluding hydrogens is 256 g/mol. The molecule has 0 saturated carbocycles. The molecule has 0 unspecified atom stereocenters. The van der Waals surface area contributed by atoms with Gasteiger partial charge >= 0.3 is 0 Å². The van der Waals surface area contributed by atoms with Gasteiger partial charge in [0.05, 0.1) is 5.69 Å². The average Bonchev–Trinajstić information content (AvgIpc) is 2.91.